The summed E-state index contributed by atoms with van der Waals surface area (Å²) in [4.78, 5) is 0. The van der Waals surface area contributed by atoms with Crippen LogP contribution in [-0.2, 0) is 13.3 Å². The van der Waals surface area contributed by atoms with Gasteiger partial charge in [-0.05, 0) is 37.1 Å². The van der Waals surface area contributed by atoms with E-state index in [1.54, 1.807) is 28.4 Å². The summed E-state index contributed by atoms with van der Waals surface area (Å²) in [7, 11) is 3.72. The molecular formula is C12H20O4Si. The summed E-state index contributed by atoms with van der Waals surface area (Å²) in [5.41, 5.74) is 2.11. The highest BCUT2D eigenvalue weighted by atomic mass is 28.4. The summed E-state index contributed by atoms with van der Waals surface area (Å²) in [6.45, 7) is 4.01. The van der Waals surface area contributed by atoms with Crippen molar-refractivity contribution < 1.29 is 18.0 Å². The van der Waals surface area contributed by atoms with Crippen LogP contribution in [0.1, 0.15) is 11.1 Å². The topological polar surface area (TPSA) is 36.9 Å². The standard InChI is InChI=1S/C12H20O4Si/c1-9-7-11(13-3)8-10(2)12(9)17(14-4,15-5)16-6/h7-8H,1-6H3. The first-order chi connectivity index (χ1) is 8.04. The highest BCUT2D eigenvalue weighted by Crippen LogP contribution is 2.19. The third-order valence-corrected chi connectivity index (χ3v) is 5.87. The maximum atomic E-state index is 5.51. The Kier molecular flexibility index (Phi) is 4.70. The van der Waals surface area contributed by atoms with Crippen molar-refractivity contribution in [2.45, 2.75) is 13.8 Å². The van der Waals surface area contributed by atoms with Crippen molar-refractivity contribution >= 4 is 14.0 Å². The van der Waals surface area contributed by atoms with Crippen molar-refractivity contribution in [3.05, 3.63) is 23.3 Å². The minimum Gasteiger partial charge on any atom is -0.497 e. The average molecular weight is 256 g/mol. The van der Waals surface area contributed by atoms with Crippen molar-refractivity contribution in [3.63, 3.8) is 0 Å². The molecule has 0 aliphatic rings. The lowest BCUT2D eigenvalue weighted by Crippen LogP contribution is -2.56. The van der Waals surface area contributed by atoms with Crippen molar-refractivity contribution in [1.82, 2.24) is 0 Å². The summed E-state index contributed by atoms with van der Waals surface area (Å²) < 4.78 is 21.8. The Morgan fingerprint density at radius 2 is 1.24 bits per heavy atom. The molecule has 0 N–H and O–H groups in total. The fraction of sp³-hybridized carbons (Fsp3) is 0.500. The van der Waals surface area contributed by atoms with Crippen LogP contribution in [0.15, 0.2) is 12.1 Å². The molecule has 17 heavy (non-hydrogen) atoms. The van der Waals surface area contributed by atoms with Gasteiger partial charge in [-0.2, -0.15) is 0 Å². The molecule has 1 aromatic carbocycles. The zero-order valence-electron chi connectivity index (χ0n) is 11.3. The molecular weight excluding hydrogens is 236 g/mol. The molecule has 0 radical (unpaired) electrons. The van der Waals surface area contributed by atoms with E-state index < -0.39 is 8.80 Å². The van der Waals surface area contributed by atoms with Gasteiger partial charge < -0.3 is 18.0 Å². The van der Waals surface area contributed by atoms with Crippen LogP contribution in [0.3, 0.4) is 0 Å². The Bertz CT molecular complexity index is 357. The molecule has 0 saturated heterocycles. The van der Waals surface area contributed by atoms with Crippen LogP contribution in [0, 0.1) is 13.8 Å². The van der Waals surface area contributed by atoms with Crippen LogP contribution < -0.4 is 9.92 Å². The van der Waals surface area contributed by atoms with Gasteiger partial charge in [-0.3, -0.25) is 0 Å². The van der Waals surface area contributed by atoms with E-state index in [4.69, 9.17) is 18.0 Å². The first kappa shape index (κ1) is 14.2. The quantitative estimate of drug-likeness (QED) is 0.746. The number of hydrogen-bond donors (Lipinski definition) is 0. The summed E-state index contributed by atoms with van der Waals surface area (Å²) in [6.07, 6.45) is 0. The monoisotopic (exact) mass is 256 g/mol. The minimum atomic E-state index is -2.77. The first-order valence-corrected chi connectivity index (χ1v) is 7.08. The van der Waals surface area contributed by atoms with Crippen LogP contribution >= 0.6 is 0 Å². The van der Waals surface area contributed by atoms with Crippen LogP contribution in [0.25, 0.3) is 0 Å². The largest absolute Gasteiger partial charge is 0.536 e. The lowest BCUT2D eigenvalue weighted by atomic mass is 10.1. The normalized spacial score (nSPS) is 11.6. The van der Waals surface area contributed by atoms with Gasteiger partial charge in [0, 0.05) is 26.5 Å². The highest BCUT2D eigenvalue weighted by Gasteiger charge is 2.43. The fourth-order valence-electron chi connectivity index (χ4n) is 2.08. The van der Waals surface area contributed by atoms with E-state index in [1.165, 1.54) is 0 Å². The maximum absolute atomic E-state index is 5.51. The Morgan fingerprint density at radius 1 is 0.824 bits per heavy atom. The fourth-order valence-corrected chi connectivity index (χ4v) is 4.30. The van der Waals surface area contributed by atoms with Gasteiger partial charge in [-0.25, -0.2) is 0 Å². The van der Waals surface area contributed by atoms with E-state index in [0.29, 0.717) is 0 Å². The highest BCUT2D eigenvalue weighted by molar-refractivity contribution is 6.76. The van der Waals surface area contributed by atoms with Gasteiger partial charge in [-0.1, -0.05) is 0 Å². The van der Waals surface area contributed by atoms with Crippen LogP contribution in [0.5, 0.6) is 5.75 Å². The summed E-state index contributed by atoms with van der Waals surface area (Å²) in [5.74, 6) is 0.829. The van der Waals surface area contributed by atoms with Crippen LogP contribution in [0.4, 0.5) is 0 Å². The van der Waals surface area contributed by atoms with Gasteiger partial charge in [0.05, 0.1) is 7.11 Å². The lowest BCUT2D eigenvalue weighted by molar-refractivity contribution is 0.140. The molecule has 0 atom stereocenters. The second-order valence-corrected chi connectivity index (χ2v) is 6.64. The zero-order valence-corrected chi connectivity index (χ0v) is 12.3. The van der Waals surface area contributed by atoms with E-state index in [2.05, 4.69) is 0 Å². The van der Waals surface area contributed by atoms with E-state index in [-0.39, 0.29) is 0 Å². The van der Waals surface area contributed by atoms with Gasteiger partial charge in [-0.15, -0.1) is 0 Å². The van der Waals surface area contributed by atoms with Crippen LogP contribution in [-0.4, -0.2) is 37.2 Å². The predicted octanol–water partition coefficient (Wildman–Crippen LogP) is 1.40. The van der Waals surface area contributed by atoms with E-state index in [9.17, 15) is 0 Å². The van der Waals surface area contributed by atoms with Gasteiger partial charge in [0.2, 0.25) is 0 Å². The number of rotatable bonds is 5. The third kappa shape index (κ3) is 2.52. The Hall–Kier alpha value is -0.883. The average Bonchev–Trinajstić information content (AvgIpc) is 2.34. The SMILES string of the molecule is COc1cc(C)c([Si](OC)(OC)OC)c(C)c1. The number of hydrogen-bond acceptors (Lipinski definition) is 4. The molecule has 96 valence electrons. The van der Waals surface area contributed by atoms with E-state index >= 15 is 0 Å². The molecule has 4 nitrogen and oxygen atoms in total. The molecule has 0 fully saturated rings. The van der Waals surface area contributed by atoms with Crippen molar-refractivity contribution in [1.29, 1.82) is 0 Å². The summed E-state index contributed by atoms with van der Waals surface area (Å²) >= 11 is 0. The van der Waals surface area contributed by atoms with Gasteiger partial charge >= 0.3 is 8.80 Å². The van der Waals surface area contributed by atoms with E-state index in [1.807, 2.05) is 26.0 Å². The molecule has 0 heterocycles. The molecule has 0 saturated carbocycles. The van der Waals surface area contributed by atoms with Crippen LogP contribution in [0.2, 0.25) is 0 Å². The Morgan fingerprint density at radius 3 is 1.53 bits per heavy atom. The molecule has 0 aliphatic carbocycles. The maximum Gasteiger partial charge on any atom is 0.536 e. The third-order valence-electron chi connectivity index (χ3n) is 2.85. The first-order valence-electron chi connectivity index (χ1n) is 5.35. The molecule has 0 unspecified atom stereocenters. The molecule has 0 aromatic heterocycles. The van der Waals surface area contributed by atoms with Gasteiger partial charge in [0.25, 0.3) is 0 Å². The molecule has 1 aromatic rings. The second kappa shape index (κ2) is 5.64. The number of methoxy groups -OCH3 is 1. The number of aryl methyl sites for hydroxylation is 2. The summed E-state index contributed by atoms with van der Waals surface area (Å²) in [6, 6.07) is 3.92. The van der Waals surface area contributed by atoms with E-state index in [0.717, 1.165) is 22.1 Å². The zero-order chi connectivity index (χ0) is 13.1. The molecule has 0 bridgehead atoms. The number of ether oxygens (including phenoxy) is 1. The van der Waals surface area contributed by atoms with Gasteiger partial charge in [0.15, 0.2) is 0 Å². The van der Waals surface area contributed by atoms with Crippen molar-refractivity contribution in [2.75, 3.05) is 28.4 Å². The lowest BCUT2D eigenvalue weighted by Gasteiger charge is -2.27. The minimum absolute atomic E-state index is 0.829. The molecule has 5 heteroatoms. The van der Waals surface area contributed by atoms with Crippen molar-refractivity contribution in [2.24, 2.45) is 0 Å². The Labute approximate surface area is 104 Å². The molecule has 1 rings (SSSR count). The van der Waals surface area contributed by atoms with Crippen molar-refractivity contribution in [3.8, 4) is 5.75 Å². The molecule has 0 spiro atoms. The molecule has 0 amide bonds. The number of benzene rings is 1. The smallest absolute Gasteiger partial charge is 0.497 e. The predicted molar refractivity (Wildman–Crippen MR) is 68.9 cm³/mol. The molecule has 0 aliphatic heterocycles. The second-order valence-electron chi connectivity index (χ2n) is 3.80. The Balaban J connectivity index is 3.39. The van der Waals surface area contributed by atoms with Gasteiger partial charge in [0.1, 0.15) is 5.75 Å². The summed E-state index contributed by atoms with van der Waals surface area (Å²) in [5, 5.41) is 1.01.